The van der Waals surface area contributed by atoms with E-state index >= 15 is 0 Å². The molecule has 1 aliphatic heterocycles. The summed E-state index contributed by atoms with van der Waals surface area (Å²) in [5.74, 6) is -0.497. The van der Waals surface area contributed by atoms with Crippen LogP contribution in [-0.4, -0.2) is 35.4 Å². The van der Waals surface area contributed by atoms with E-state index < -0.39 is 17.7 Å². The molecule has 164 valence electrons. The summed E-state index contributed by atoms with van der Waals surface area (Å²) < 4.78 is 11.5. The Morgan fingerprint density at radius 1 is 1.13 bits per heavy atom. The zero-order chi connectivity index (χ0) is 22.5. The van der Waals surface area contributed by atoms with Crippen LogP contribution in [0.5, 0.6) is 11.5 Å². The van der Waals surface area contributed by atoms with Crippen molar-refractivity contribution in [3.63, 3.8) is 0 Å². The first-order valence-electron chi connectivity index (χ1n) is 10.5. The number of hydrogen-bond donors (Lipinski definition) is 1. The molecule has 0 aliphatic carbocycles. The quantitative estimate of drug-likeness (QED) is 0.638. The molecule has 0 radical (unpaired) electrons. The first kappa shape index (κ1) is 22.4. The van der Waals surface area contributed by atoms with Crippen molar-refractivity contribution in [1.29, 1.82) is 0 Å². The van der Waals surface area contributed by atoms with Gasteiger partial charge in [0.15, 0.2) is 23.0 Å². The Hall–Kier alpha value is -3.28. The lowest BCUT2D eigenvalue weighted by Gasteiger charge is -2.27. The molecule has 1 amide bonds. The van der Waals surface area contributed by atoms with Gasteiger partial charge in [0.25, 0.3) is 5.91 Å². The first-order valence-corrected chi connectivity index (χ1v) is 10.5. The SMILES string of the molecule is CCCN1C(=O)C(O)=C(C(=O)C(C)C)C1c1ccc(OC)c(OCc2ccccc2)c1. The molecular formula is C25H29NO5. The van der Waals surface area contributed by atoms with E-state index in [0.717, 1.165) is 5.56 Å². The summed E-state index contributed by atoms with van der Waals surface area (Å²) in [6.45, 7) is 6.24. The van der Waals surface area contributed by atoms with Crippen molar-refractivity contribution >= 4 is 11.7 Å². The molecule has 0 aromatic heterocycles. The van der Waals surface area contributed by atoms with Crippen LogP contribution in [0.2, 0.25) is 0 Å². The van der Waals surface area contributed by atoms with Crippen LogP contribution < -0.4 is 9.47 Å². The molecule has 1 atom stereocenters. The summed E-state index contributed by atoms with van der Waals surface area (Å²) in [6, 6.07) is 14.5. The lowest BCUT2D eigenvalue weighted by molar-refractivity contribution is -0.129. The van der Waals surface area contributed by atoms with Gasteiger partial charge < -0.3 is 19.5 Å². The normalized spacial score (nSPS) is 16.2. The third-order valence-corrected chi connectivity index (χ3v) is 5.30. The number of carbonyl (C=O) groups is 2. The van der Waals surface area contributed by atoms with Crippen LogP contribution in [-0.2, 0) is 16.2 Å². The van der Waals surface area contributed by atoms with E-state index in [2.05, 4.69) is 0 Å². The molecule has 3 rings (SSSR count). The van der Waals surface area contributed by atoms with Crippen molar-refractivity contribution in [2.45, 2.75) is 39.8 Å². The van der Waals surface area contributed by atoms with Gasteiger partial charge in [0.1, 0.15) is 6.61 Å². The molecule has 0 spiro atoms. The molecule has 2 aromatic rings. The van der Waals surface area contributed by atoms with Crippen LogP contribution in [0.15, 0.2) is 59.9 Å². The van der Waals surface area contributed by atoms with Gasteiger partial charge in [-0.1, -0.05) is 57.2 Å². The van der Waals surface area contributed by atoms with Crippen LogP contribution >= 0.6 is 0 Å². The summed E-state index contributed by atoms with van der Waals surface area (Å²) in [5, 5.41) is 10.5. The summed E-state index contributed by atoms with van der Waals surface area (Å²) in [7, 11) is 1.56. The molecule has 0 saturated heterocycles. The van der Waals surface area contributed by atoms with Gasteiger partial charge in [-0.3, -0.25) is 9.59 Å². The third-order valence-electron chi connectivity index (χ3n) is 5.30. The van der Waals surface area contributed by atoms with E-state index in [4.69, 9.17) is 9.47 Å². The Bertz CT molecular complexity index is 981. The highest BCUT2D eigenvalue weighted by Crippen LogP contribution is 2.41. The average molecular weight is 424 g/mol. The number of aliphatic hydroxyl groups excluding tert-OH is 1. The van der Waals surface area contributed by atoms with E-state index in [1.165, 1.54) is 0 Å². The largest absolute Gasteiger partial charge is 0.503 e. The Morgan fingerprint density at radius 2 is 1.84 bits per heavy atom. The van der Waals surface area contributed by atoms with Crippen molar-refractivity contribution < 1.29 is 24.2 Å². The Kier molecular flexibility index (Phi) is 7.00. The summed E-state index contributed by atoms with van der Waals surface area (Å²) in [5.41, 5.74) is 1.85. The van der Waals surface area contributed by atoms with Crippen molar-refractivity contribution in [3.05, 3.63) is 71.0 Å². The highest BCUT2D eigenvalue weighted by atomic mass is 16.5. The van der Waals surface area contributed by atoms with E-state index in [1.807, 2.05) is 37.3 Å². The average Bonchev–Trinajstić information content (AvgIpc) is 3.02. The molecule has 0 fully saturated rings. The molecule has 1 heterocycles. The minimum Gasteiger partial charge on any atom is -0.503 e. The maximum atomic E-state index is 12.9. The maximum Gasteiger partial charge on any atom is 0.290 e. The number of carbonyl (C=O) groups excluding carboxylic acids is 2. The minimum atomic E-state index is -0.660. The van der Waals surface area contributed by atoms with E-state index in [0.29, 0.717) is 36.6 Å². The fourth-order valence-electron chi connectivity index (χ4n) is 3.75. The number of nitrogens with zero attached hydrogens (tertiary/aromatic N) is 1. The summed E-state index contributed by atoms with van der Waals surface area (Å²) in [4.78, 5) is 27.2. The molecular weight excluding hydrogens is 394 g/mol. The van der Waals surface area contributed by atoms with Crippen molar-refractivity contribution in [2.24, 2.45) is 5.92 Å². The predicted octanol–water partition coefficient (Wildman–Crippen LogP) is 4.60. The zero-order valence-corrected chi connectivity index (χ0v) is 18.4. The topological polar surface area (TPSA) is 76.1 Å². The third kappa shape index (κ3) is 4.58. The predicted molar refractivity (Wildman–Crippen MR) is 118 cm³/mol. The Morgan fingerprint density at radius 3 is 2.45 bits per heavy atom. The number of methoxy groups -OCH3 is 1. The number of hydrogen-bond acceptors (Lipinski definition) is 5. The second-order valence-electron chi connectivity index (χ2n) is 7.87. The molecule has 1 N–H and O–H groups in total. The van der Waals surface area contributed by atoms with Gasteiger partial charge >= 0.3 is 0 Å². The number of ether oxygens (including phenoxy) is 2. The van der Waals surface area contributed by atoms with Crippen molar-refractivity contribution in [3.8, 4) is 11.5 Å². The summed E-state index contributed by atoms with van der Waals surface area (Å²) >= 11 is 0. The van der Waals surface area contributed by atoms with E-state index in [-0.39, 0.29) is 17.3 Å². The molecule has 0 bridgehead atoms. The number of benzene rings is 2. The van der Waals surface area contributed by atoms with Crippen LogP contribution in [0.25, 0.3) is 0 Å². The number of aliphatic hydroxyl groups is 1. The standard InChI is InChI=1S/C25H29NO5/c1-5-13-26-22(21(23(27)16(2)3)24(28)25(26)29)18-11-12-19(30-4)20(14-18)31-15-17-9-7-6-8-10-17/h6-12,14,16,22,28H,5,13,15H2,1-4H3. The van der Waals surface area contributed by atoms with Gasteiger partial charge in [0.2, 0.25) is 0 Å². The number of rotatable bonds is 9. The molecule has 1 aliphatic rings. The van der Waals surface area contributed by atoms with Crippen LogP contribution in [0.3, 0.4) is 0 Å². The molecule has 1 unspecified atom stereocenters. The van der Waals surface area contributed by atoms with Gasteiger partial charge in [0.05, 0.1) is 18.7 Å². The monoisotopic (exact) mass is 423 g/mol. The highest BCUT2D eigenvalue weighted by Gasteiger charge is 2.43. The molecule has 6 heteroatoms. The number of Topliss-reactive ketones (excluding diaryl/α,β-unsaturated/α-hetero) is 1. The van der Waals surface area contributed by atoms with Crippen LogP contribution in [0.4, 0.5) is 0 Å². The maximum absolute atomic E-state index is 12.9. The van der Waals surface area contributed by atoms with Crippen molar-refractivity contribution in [1.82, 2.24) is 4.90 Å². The van der Waals surface area contributed by atoms with Crippen LogP contribution in [0.1, 0.15) is 44.4 Å². The fraction of sp³-hybridized carbons (Fsp3) is 0.360. The number of amides is 1. The first-order chi connectivity index (χ1) is 14.9. The zero-order valence-electron chi connectivity index (χ0n) is 18.4. The summed E-state index contributed by atoms with van der Waals surface area (Å²) in [6.07, 6.45) is 0.701. The lowest BCUT2D eigenvalue weighted by Crippen LogP contribution is -2.32. The Labute approximate surface area is 183 Å². The smallest absolute Gasteiger partial charge is 0.290 e. The second-order valence-corrected chi connectivity index (χ2v) is 7.87. The molecule has 6 nitrogen and oxygen atoms in total. The van der Waals surface area contributed by atoms with Gasteiger partial charge in [-0.15, -0.1) is 0 Å². The van der Waals surface area contributed by atoms with Crippen LogP contribution in [0, 0.1) is 5.92 Å². The van der Waals surface area contributed by atoms with E-state index in [9.17, 15) is 14.7 Å². The molecule has 0 saturated carbocycles. The second kappa shape index (κ2) is 9.69. The van der Waals surface area contributed by atoms with E-state index in [1.54, 1.807) is 44.1 Å². The highest BCUT2D eigenvalue weighted by molar-refractivity contribution is 6.09. The van der Waals surface area contributed by atoms with Gasteiger partial charge in [0, 0.05) is 12.5 Å². The van der Waals surface area contributed by atoms with Gasteiger partial charge in [-0.05, 0) is 29.7 Å². The van der Waals surface area contributed by atoms with Crippen molar-refractivity contribution in [2.75, 3.05) is 13.7 Å². The number of ketones is 1. The minimum absolute atomic E-state index is 0.146. The van der Waals surface area contributed by atoms with Gasteiger partial charge in [-0.2, -0.15) is 0 Å². The molecule has 31 heavy (non-hydrogen) atoms. The molecule has 2 aromatic carbocycles. The van der Waals surface area contributed by atoms with Gasteiger partial charge in [-0.25, -0.2) is 0 Å². The lowest BCUT2D eigenvalue weighted by atomic mass is 9.91. The Balaban J connectivity index is 2.01. The fourth-order valence-corrected chi connectivity index (χ4v) is 3.75.